The SMILES string of the molecule is COCCn1c(CO)nnc1C1CC(NC(=O)[C@H](C)c2ccccc2)C1. The second kappa shape index (κ2) is 8.42. The fraction of sp³-hybridized carbons (Fsp3) is 0.526. The van der Waals surface area contributed by atoms with Crippen LogP contribution in [0, 0.1) is 0 Å². The van der Waals surface area contributed by atoms with Crippen LogP contribution in [0.25, 0.3) is 0 Å². The fourth-order valence-electron chi connectivity index (χ4n) is 3.36. The minimum Gasteiger partial charge on any atom is -0.388 e. The van der Waals surface area contributed by atoms with Crippen LogP contribution >= 0.6 is 0 Å². The zero-order valence-electron chi connectivity index (χ0n) is 15.3. The minimum atomic E-state index is -0.165. The second-order valence-corrected chi connectivity index (χ2v) is 6.78. The summed E-state index contributed by atoms with van der Waals surface area (Å²) in [5.74, 6) is 1.56. The van der Waals surface area contributed by atoms with E-state index in [2.05, 4.69) is 15.5 Å². The van der Waals surface area contributed by atoms with E-state index in [1.807, 2.05) is 41.8 Å². The highest BCUT2D eigenvalue weighted by Gasteiger charge is 2.36. The van der Waals surface area contributed by atoms with Crippen LogP contribution in [0.3, 0.4) is 0 Å². The van der Waals surface area contributed by atoms with Crippen molar-refractivity contribution < 1.29 is 14.6 Å². The molecule has 2 N–H and O–H groups in total. The molecule has 0 aliphatic heterocycles. The molecule has 140 valence electrons. The van der Waals surface area contributed by atoms with E-state index in [0.717, 1.165) is 24.2 Å². The highest BCUT2D eigenvalue weighted by Crippen LogP contribution is 2.36. The average Bonchev–Trinajstić information content (AvgIpc) is 3.04. The molecule has 0 saturated heterocycles. The number of ether oxygens (including phenoxy) is 1. The molecular weight excluding hydrogens is 332 g/mol. The Kier molecular flexibility index (Phi) is 6.00. The molecule has 3 rings (SSSR count). The first kappa shape index (κ1) is 18.5. The summed E-state index contributed by atoms with van der Waals surface area (Å²) in [5.41, 5.74) is 1.02. The Bertz CT molecular complexity index is 726. The quantitative estimate of drug-likeness (QED) is 0.748. The van der Waals surface area contributed by atoms with Crippen LogP contribution in [-0.4, -0.2) is 45.5 Å². The first-order chi connectivity index (χ1) is 12.6. The van der Waals surface area contributed by atoms with Gasteiger partial charge in [0.2, 0.25) is 5.91 Å². The molecule has 0 bridgehead atoms. The van der Waals surface area contributed by atoms with Gasteiger partial charge in [-0.15, -0.1) is 10.2 Å². The van der Waals surface area contributed by atoms with E-state index >= 15 is 0 Å². The van der Waals surface area contributed by atoms with Gasteiger partial charge in [-0.1, -0.05) is 30.3 Å². The summed E-state index contributed by atoms with van der Waals surface area (Å²) < 4.78 is 7.06. The molecule has 1 saturated carbocycles. The van der Waals surface area contributed by atoms with Gasteiger partial charge in [-0.2, -0.15) is 0 Å². The number of aromatic nitrogens is 3. The lowest BCUT2D eigenvalue weighted by Crippen LogP contribution is -2.45. The van der Waals surface area contributed by atoms with E-state index in [9.17, 15) is 9.90 Å². The van der Waals surface area contributed by atoms with Gasteiger partial charge >= 0.3 is 0 Å². The largest absolute Gasteiger partial charge is 0.388 e. The van der Waals surface area contributed by atoms with Crippen LogP contribution in [0.4, 0.5) is 0 Å². The number of rotatable bonds is 8. The predicted octanol–water partition coefficient (Wildman–Crippen LogP) is 1.58. The van der Waals surface area contributed by atoms with Gasteiger partial charge in [-0.05, 0) is 25.3 Å². The van der Waals surface area contributed by atoms with Gasteiger partial charge in [0, 0.05) is 25.6 Å². The zero-order chi connectivity index (χ0) is 18.5. The van der Waals surface area contributed by atoms with Crippen molar-refractivity contribution in [2.75, 3.05) is 13.7 Å². The lowest BCUT2D eigenvalue weighted by atomic mass is 9.79. The number of methoxy groups -OCH3 is 1. The van der Waals surface area contributed by atoms with Crippen molar-refractivity contribution in [3.05, 3.63) is 47.5 Å². The minimum absolute atomic E-state index is 0.0524. The van der Waals surface area contributed by atoms with Gasteiger partial charge in [0.05, 0.1) is 12.5 Å². The molecule has 1 aromatic heterocycles. The zero-order valence-corrected chi connectivity index (χ0v) is 15.3. The molecule has 1 amide bonds. The summed E-state index contributed by atoms with van der Waals surface area (Å²) in [6.45, 7) is 2.95. The normalized spacial score (nSPS) is 20.4. The monoisotopic (exact) mass is 358 g/mol. The molecular formula is C19H26N4O3. The maximum Gasteiger partial charge on any atom is 0.227 e. The number of benzene rings is 1. The van der Waals surface area contributed by atoms with Gasteiger partial charge in [0.25, 0.3) is 0 Å². The van der Waals surface area contributed by atoms with Crippen LogP contribution in [0.2, 0.25) is 0 Å². The molecule has 2 aromatic rings. The number of amides is 1. The molecule has 0 unspecified atom stereocenters. The summed E-state index contributed by atoms with van der Waals surface area (Å²) >= 11 is 0. The number of nitrogens with one attached hydrogen (secondary N) is 1. The number of hydrogen-bond acceptors (Lipinski definition) is 5. The van der Waals surface area contributed by atoms with Crippen LogP contribution in [0.1, 0.15) is 48.8 Å². The Hall–Kier alpha value is -2.25. The number of carbonyl (C=O) groups is 1. The standard InChI is InChI=1S/C19H26N4O3/c1-13(14-6-4-3-5-7-14)19(25)20-16-10-15(11-16)18-22-21-17(12-24)23(18)8-9-26-2/h3-7,13,15-16,24H,8-12H2,1-2H3,(H,20,25)/t13-,15?,16?/m1/s1. The van der Waals surface area contributed by atoms with Crippen molar-refractivity contribution in [2.45, 2.75) is 50.8 Å². The van der Waals surface area contributed by atoms with Crippen molar-refractivity contribution in [3.63, 3.8) is 0 Å². The highest BCUT2D eigenvalue weighted by atomic mass is 16.5. The van der Waals surface area contributed by atoms with E-state index in [1.165, 1.54) is 0 Å². The Morgan fingerprint density at radius 3 is 2.73 bits per heavy atom. The van der Waals surface area contributed by atoms with E-state index in [0.29, 0.717) is 19.0 Å². The van der Waals surface area contributed by atoms with E-state index in [-0.39, 0.29) is 30.4 Å². The van der Waals surface area contributed by atoms with Gasteiger partial charge in [0.15, 0.2) is 5.82 Å². The molecule has 0 spiro atoms. The smallest absolute Gasteiger partial charge is 0.227 e. The van der Waals surface area contributed by atoms with Crippen LogP contribution in [-0.2, 0) is 22.7 Å². The number of aliphatic hydroxyl groups is 1. The van der Waals surface area contributed by atoms with Crippen LogP contribution in [0.5, 0.6) is 0 Å². The number of nitrogens with zero attached hydrogens (tertiary/aromatic N) is 3. The third-order valence-electron chi connectivity index (χ3n) is 5.06. The Morgan fingerprint density at radius 2 is 2.08 bits per heavy atom. The molecule has 7 heteroatoms. The summed E-state index contributed by atoms with van der Waals surface area (Å²) in [6.07, 6.45) is 1.67. The molecule has 0 radical (unpaired) electrons. The van der Waals surface area contributed by atoms with Crippen molar-refractivity contribution in [3.8, 4) is 0 Å². The summed E-state index contributed by atoms with van der Waals surface area (Å²) in [4.78, 5) is 12.5. The molecule has 7 nitrogen and oxygen atoms in total. The van der Waals surface area contributed by atoms with Gasteiger partial charge in [-0.25, -0.2) is 0 Å². The van der Waals surface area contributed by atoms with Crippen molar-refractivity contribution in [1.29, 1.82) is 0 Å². The third kappa shape index (κ3) is 3.94. The van der Waals surface area contributed by atoms with Gasteiger partial charge in [-0.3, -0.25) is 4.79 Å². The Morgan fingerprint density at radius 1 is 1.35 bits per heavy atom. The first-order valence-electron chi connectivity index (χ1n) is 9.01. The third-order valence-corrected chi connectivity index (χ3v) is 5.06. The average molecular weight is 358 g/mol. The van der Waals surface area contributed by atoms with Crippen LogP contribution < -0.4 is 5.32 Å². The molecule has 26 heavy (non-hydrogen) atoms. The van der Waals surface area contributed by atoms with Crippen molar-refractivity contribution >= 4 is 5.91 Å². The molecule has 1 aliphatic rings. The topological polar surface area (TPSA) is 89.3 Å². The molecule has 1 aliphatic carbocycles. The number of carbonyl (C=O) groups excluding carboxylic acids is 1. The molecule has 1 heterocycles. The Balaban J connectivity index is 1.56. The van der Waals surface area contributed by atoms with Gasteiger partial charge in [0.1, 0.15) is 12.4 Å². The van der Waals surface area contributed by atoms with Crippen molar-refractivity contribution in [1.82, 2.24) is 20.1 Å². The molecule has 1 atom stereocenters. The number of aliphatic hydroxyl groups excluding tert-OH is 1. The summed E-state index contributed by atoms with van der Waals surface area (Å²) in [6, 6.07) is 9.95. The van der Waals surface area contributed by atoms with E-state index in [4.69, 9.17) is 4.74 Å². The Labute approximate surface area is 153 Å². The maximum atomic E-state index is 12.5. The highest BCUT2D eigenvalue weighted by molar-refractivity contribution is 5.83. The van der Waals surface area contributed by atoms with E-state index in [1.54, 1.807) is 7.11 Å². The predicted molar refractivity (Wildman–Crippen MR) is 96.6 cm³/mol. The van der Waals surface area contributed by atoms with Crippen LogP contribution in [0.15, 0.2) is 30.3 Å². The number of hydrogen-bond donors (Lipinski definition) is 2. The molecule has 1 aromatic carbocycles. The summed E-state index contributed by atoms with van der Waals surface area (Å²) in [7, 11) is 1.64. The lowest BCUT2D eigenvalue weighted by molar-refractivity contribution is -0.123. The lowest BCUT2D eigenvalue weighted by Gasteiger charge is -2.36. The second-order valence-electron chi connectivity index (χ2n) is 6.78. The van der Waals surface area contributed by atoms with Crippen molar-refractivity contribution in [2.24, 2.45) is 0 Å². The fourth-order valence-corrected chi connectivity index (χ4v) is 3.36. The molecule has 1 fully saturated rings. The first-order valence-corrected chi connectivity index (χ1v) is 9.01. The summed E-state index contributed by atoms with van der Waals surface area (Å²) in [5, 5.41) is 20.9. The van der Waals surface area contributed by atoms with E-state index < -0.39 is 0 Å². The van der Waals surface area contributed by atoms with Gasteiger partial charge < -0.3 is 19.7 Å². The maximum absolute atomic E-state index is 12.5.